The average Bonchev–Trinajstić information content (AvgIpc) is 2.29. The van der Waals surface area contributed by atoms with E-state index in [2.05, 4.69) is 20.2 Å². The molecule has 4 N–H and O–H groups in total. The predicted molar refractivity (Wildman–Crippen MR) is 63.7 cm³/mol. The SMILES string of the molecule is Nc1ccc(N=Nc2cccnc2)c(N)n1.[H-].[H-].[Na+].[Na+]. The molecule has 0 fully saturated rings. The van der Waals surface area contributed by atoms with Crippen molar-refractivity contribution in [2.75, 3.05) is 11.5 Å². The van der Waals surface area contributed by atoms with Gasteiger partial charge in [0.25, 0.3) is 0 Å². The number of azo groups is 1. The molecule has 0 aliphatic heterocycles. The van der Waals surface area contributed by atoms with Crippen LogP contribution in [0.4, 0.5) is 23.0 Å². The minimum Gasteiger partial charge on any atom is -1.00 e. The fourth-order valence-corrected chi connectivity index (χ4v) is 1.09. The van der Waals surface area contributed by atoms with Crippen LogP contribution in [0.1, 0.15) is 2.85 Å². The molecule has 0 atom stereocenters. The summed E-state index contributed by atoms with van der Waals surface area (Å²) in [6.07, 6.45) is 3.27. The van der Waals surface area contributed by atoms with Crippen molar-refractivity contribution < 1.29 is 62.0 Å². The zero-order valence-corrected chi connectivity index (χ0v) is 14.4. The molecular formula is C10H12N6Na2. The Morgan fingerprint density at radius 1 is 1.06 bits per heavy atom. The van der Waals surface area contributed by atoms with Gasteiger partial charge in [0.15, 0.2) is 5.82 Å². The van der Waals surface area contributed by atoms with E-state index in [-0.39, 0.29) is 67.8 Å². The number of hydrogen-bond donors (Lipinski definition) is 2. The molecule has 2 rings (SSSR count). The molecule has 0 aliphatic carbocycles. The van der Waals surface area contributed by atoms with Gasteiger partial charge in [-0.1, -0.05) is 0 Å². The molecule has 0 aromatic carbocycles. The Balaban J connectivity index is -0.000000722. The monoisotopic (exact) mass is 262 g/mol. The Bertz CT molecular complexity index is 526. The van der Waals surface area contributed by atoms with Crippen LogP contribution in [0.2, 0.25) is 0 Å². The summed E-state index contributed by atoms with van der Waals surface area (Å²) < 4.78 is 0. The van der Waals surface area contributed by atoms with Crippen LogP contribution in [0.15, 0.2) is 46.9 Å². The van der Waals surface area contributed by atoms with Gasteiger partial charge in [0.2, 0.25) is 0 Å². The number of rotatable bonds is 2. The quantitative estimate of drug-likeness (QED) is 0.429. The van der Waals surface area contributed by atoms with E-state index in [0.717, 1.165) is 0 Å². The van der Waals surface area contributed by atoms with Crippen molar-refractivity contribution in [3.8, 4) is 0 Å². The van der Waals surface area contributed by atoms with Gasteiger partial charge in [0, 0.05) is 6.20 Å². The van der Waals surface area contributed by atoms with Crippen molar-refractivity contribution in [3.05, 3.63) is 36.7 Å². The molecule has 18 heavy (non-hydrogen) atoms. The maximum atomic E-state index is 5.63. The summed E-state index contributed by atoms with van der Waals surface area (Å²) in [4.78, 5) is 7.78. The molecule has 0 aliphatic rings. The van der Waals surface area contributed by atoms with Gasteiger partial charge in [-0.25, -0.2) is 4.98 Å². The molecule has 0 unspecified atom stereocenters. The summed E-state index contributed by atoms with van der Waals surface area (Å²) in [5, 5.41) is 7.93. The second kappa shape index (κ2) is 8.58. The molecular weight excluding hydrogens is 250 g/mol. The maximum Gasteiger partial charge on any atom is 1.00 e. The molecule has 0 radical (unpaired) electrons. The van der Waals surface area contributed by atoms with Crippen LogP contribution in [0.25, 0.3) is 0 Å². The summed E-state index contributed by atoms with van der Waals surface area (Å²) in [7, 11) is 0. The van der Waals surface area contributed by atoms with Gasteiger partial charge in [0.1, 0.15) is 17.2 Å². The fourth-order valence-electron chi connectivity index (χ4n) is 1.09. The normalized spacial score (nSPS) is 9.56. The third kappa shape index (κ3) is 5.01. The molecule has 6 nitrogen and oxygen atoms in total. The van der Waals surface area contributed by atoms with E-state index in [1.807, 2.05) is 0 Å². The molecule has 2 aromatic heterocycles. The van der Waals surface area contributed by atoms with Gasteiger partial charge in [-0.3, -0.25) is 4.98 Å². The van der Waals surface area contributed by atoms with E-state index in [1.54, 1.807) is 36.7 Å². The minimum atomic E-state index is 0. The van der Waals surface area contributed by atoms with Crippen LogP contribution in [0.5, 0.6) is 0 Å². The molecule has 0 amide bonds. The molecule has 0 spiro atoms. The molecule has 0 saturated carbocycles. The van der Waals surface area contributed by atoms with E-state index in [9.17, 15) is 0 Å². The van der Waals surface area contributed by atoms with Crippen LogP contribution >= 0.6 is 0 Å². The zero-order chi connectivity index (χ0) is 11.4. The minimum absolute atomic E-state index is 0. The standard InChI is InChI=1S/C10H10N6.2Na.2H/c11-9-4-3-8(10(12)14-9)16-15-7-2-1-5-13-6-7;;;;/h1-6H,(H4,11,12,14);;;;/q;2*+1;2*-1. The summed E-state index contributed by atoms with van der Waals surface area (Å²) in [5.41, 5.74) is 12.2. The number of anilines is 2. The predicted octanol–water partition coefficient (Wildman–Crippen LogP) is -3.71. The summed E-state index contributed by atoms with van der Waals surface area (Å²) in [5.74, 6) is 0.616. The van der Waals surface area contributed by atoms with Crippen molar-refractivity contribution in [1.82, 2.24) is 9.97 Å². The first-order valence-corrected chi connectivity index (χ1v) is 4.59. The molecule has 2 aromatic rings. The van der Waals surface area contributed by atoms with Gasteiger partial charge >= 0.3 is 59.1 Å². The van der Waals surface area contributed by atoms with E-state index < -0.39 is 0 Å². The van der Waals surface area contributed by atoms with Crippen LogP contribution in [0.3, 0.4) is 0 Å². The second-order valence-corrected chi connectivity index (χ2v) is 3.05. The second-order valence-electron chi connectivity index (χ2n) is 3.05. The molecule has 0 bridgehead atoms. The van der Waals surface area contributed by atoms with Gasteiger partial charge in [-0.15, -0.1) is 10.2 Å². The van der Waals surface area contributed by atoms with Crippen molar-refractivity contribution in [2.45, 2.75) is 0 Å². The third-order valence-corrected chi connectivity index (χ3v) is 1.84. The molecule has 84 valence electrons. The Kier molecular flexibility index (Phi) is 8.34. The Labute approximate surface area is 152 Å². The Morgan fingerprint density at radius 2 is 1.83 bits per heavy atom. The molecule has 8 heteroatoms. The maximum absolute atomic E-state index is 5.63. The van der Waals surface area contributed by atoms with Crippen molar-refractivity contribution in [1.29, 1.82) is 0 Å². The van der Waals surface area contributed by atoms with Crippen molar-refractivity contribution in [2.24, 2.45) is 10.2 Å². The van der Waals surface area contributed by atoms with Crippen molar-refractivity contribution in [3.63, 3.8) is 0 Å². The number of pyridine rings is 2. The van der Waals surface area contributed by atoms with Gasteiger partial charge in [-0.05, 0) is 24.3 Å². The first-order valence-electron chi connectivity index (χ1n) is 4.59. The number of aromatic nitrogens is 2. The number of nitrogens with zero attached hydrogens (tertiary/aromatic N) is 4. The van der Waals surface area contributed by atoms with Gasteiger partial charge in [0.05, 0.1) is 6.20 Å². The van der Waals surface area contributed by atoms with Crippen LogP contribution in [0, 0.1) is 0 Å². The Morgan fingerprint density at radius 3 is 2.44 bits per heavy atom. The van der Waals surface area contributed by atoms with Crippen LogP contribution in [-0.4, -0.2) is 9.97 Å². The Hall–Kier alpha value is -0.500. The van der Waals surface area contributed by atoms with E-state index in [1.165, 1.54) is 0 Å². The summed E-state index contributed by atoms with van der Waals surface area (Å²) >= 11 is 0. The van der Waals surface area contributed by atoms with Crippen LogP contribution < -0.4 is 70.6 Å². The van der Waals surface area contributed by atoms with E-state index in [4.69, 9.17) is 11.5 Å². The summed E-state index contributed by atoms with van der Waals surface area (Å²) in [6.45, 7) is 0. The largest absolute Gasteiger partial charge is 1.00 e. The average molecular weight is 262 g/mol. The smallest absolute Gasteiger partial charge is 1.00 e. The molecule has 0 saturated heterocycles. The number of hydrogen-bond acceptors (Lipinski definition) is 6. The van der Waals surface area contributed by atoms with Crippen LogP contribution in [-0.2, 0) is 0 Å². The summed E-state index contributed by atoms with van der Waals surface area (Å²) in [6, 6.07) is 6.85. The van der Waals surface area contributed by atoms with E-state index in [0.29, 0.717) is 17.2 Å². The van der Waals surface area contributed by atoms with Gasteiger partial charge in [-0.2, -0.15) is 0 Å². The third-order valence-electron chi connectivity index (χ3n) is 1.84. The fraction of sp³-hybridized carbons (Fsp3) is 0. The van der Waals surface area contributed by atoms with Crippen molar-refractivity contribution >= 4 is 23.0 Å². The first-order chi connectivity index (χ1) is 7.75. The first kappa shape index (κ1) is 17.5. The van der Waals surface area contributed by atoms with Gasteiger partial charge < -0.3 is 14.3 Å². The van der Waals surface area contributed by atoms with E-state index >= 15 is 0 Å². The number of nitrogens with two attached hydrogens (primary N) is 2. The molecule has 2 heterocycles. The zero-order valence-electron chi connectivity index (χ0n) is 12.4. The number of nitrogen functional groups attached to an aromatic ring is 2. The topological polar surface area (TPSA) is 103 Å².